The predicted molar refractivity (Wildman–Crippen MR) is 577 cm³/mol. The fourth-order valence-corrected chi connectivity index (χ4v) is 19.2. The molecule has 12 aromatic carbocycles. The van der Waals surface area contributed by atoms with E-state index >= 15 is 0 Å². The van der Waals surface area contributed by atoms with Crippen LogP contribution in [0.2, 0.25) is 25.1 Å². The number of nitrogens with zero attached hydrogens (tertiary/aromatic N) is 1. The summed E-state index contributed by atoms with van der Waals surface area (Å²) in [4.78, 5) is 0. The van der Waals surface area contributed by atoms with E-state index in [-0.39, 0.29) is 29.7 Å². The summed E-state index contributed by atoms with van der Waals surface area (Å²) in [5, 5.41) is 10.8. The van der Waals surface area contributed by atoms with Crippen LogP contribution in [0.5, 0.6) is 0 Å². The standard InChI is InChI=1S/C17H17BrCl4N2O2S.C17H14BrCl4NO3S.C16H14BrClN2S.C15H16BrClN2.C15H12BrCl.C9H7Br.C7H7Br.H2O/c1-16(12-4-8-14(19)9-5-12,24-27(25)26-10-17(20,21)22)15(23)11-2-6-13(18)7-3-11;1-16(12-4-8-14(19)9-5-12)15(11-2-6-13(18)7-3-11)23(16)27(24,25)26-10-17(20,21)22;1-16(11-4-8-13(18)9-5-11)14(19-15(21)20-16)10-2-6-12(17)7-3-10;1-15(19,11-4-8-13(17)9-5-11)14(18)10-2-6-12(16)7-3-10;1-11(13-4-8-15(17)9-5-13)10-12-2-6-14(16)7-3-12;1-2-3-8-4-6-9(10)7-5-8;1-6-2-4-7(8)5-3-6;/h2-9,15,24H,10,23H2,1H3;2-9,15H,10H2,1H3;2-9,14H,1H3,(H2,19,20,21);2-9,14H,18-19H2,1H3;2-10H,1H3;4-7H,1H3;2-5H,1H3;1H2/b;;;;11-10+;;;. The van der Waals surface area contributed by atoms with Gasteiger partial charge in [-0.3, -0.25) is 8.37 Å². The van der Waals surface area contributed by atoms with Gasteiger partial charge in [-0.05, 0) is 280 Å². The van der Waals surface area contributed by atoms with Crippen LogP contribution in [0.1, 0.15) is 132 Å². The van der Waals surface area contributed by atoms with Crippen molar-refractivity contribution in [3.63, 3.8) is 0 Å². The minimum atomic E-state index is -4.16. The van der Waals surface area contributed by atoms with Gasteiger partial charge >= 0.3 is 10.3 Å². The Kier molecular flexibility index (Phi) is 45.3. The molecule has 2 fully saturated rings. The molecule has 0 amide bonds. The molecule has 2 heterocycles. The molecular weight excluding hydrogens is 2390 g/mol. The third-order valence-corrected chi connectivity index (χ3v) is 28.4. The second kappa shape index (κ2) is 52.1. The molecule has 13 nitrogen and oxygen atoms in total. The van der Waals surface area contributed by atoms with Gasteiger partial charge in [-0.15, -0.1) is 5.92 Å². The van der Waals surface area contributed by atoms with Crippen molar-refractivity contribution in [2.75, 3.05) is 13.2 Å². The summed E-state index contributed by atoms with van der Waals surface area (Å²) in [6.07, 6.45) is 2.16. The molecule has 130 heavy (non-hydrogen) atoms. The van der Waals surface area contributed by atoms with E-state index in [1.54, 1.807) is 48.5 Å². The molecule has 2 aliphatic rings. The van der Waals surface area contributed by atoms with E-state index in [9.17, 15) is 12.6 Å². The third kappa shape index (κ3) is 34.8. The molecule has 2 saturated heterocycles. The van der Waals surface area contributed by atoms with Crippen molar-refractivity contribution in [3.05, 3.63) is 414 Å². The highest BCUT2D eigenvalue weighted by atomic mass is 79.9. The van der Waals surface area contributed by atoms with Crippen molar-refractivity contribution in [1.82, 2.24) is 19.7 Å². The van der Waals surface area contributed by atoms with Crippen molar-refractivity contribution in [1.29, 1.82) is 0 Å². The van der Waals surface area contributed by atoms with Crippen LogP contribution in [0.15, 0.2) is 322 Å². The van der Waals surface area contributed by atoms with E-state index in [1.807, 2.05) is 234 Å². The van der Waals surface area contributed by atoms with Crippen molar-refractivity contribution in [2.24, 2.45) is 17.2 Å². The van der Waals surface area contributed by atoms with Crippen molar-refractivity contribution < 1.29 is 26.5 Å². The van der Waals surface area contributed by atoms with Crippen LogP contribution in [0.25, 0.3) is 11.6 Å². The van der Waals surface area contributed by atoms with Gasteiger partial charge in [0.2, 0.25) is 18.9 Å². The molecule has 34 heteroatoms. The predicted octanol–water partition coefficient (Wildman–Crippen LogP) is 30.5. The Morgan fingerprint density at radius 1 is 0.531 bits per heavy atom. The molecule has 11 N–H and O–H groups in total. The summed E-state index contributed by atoms with van der Waals surface area (Å²) in [7, 11) is -4.16. The van der Waals surface area contributed by atoms with Gasteiger partial charge in [-0.1, -0.05) is 390 Å². The highest BCUT2D eigenvalue weighted by molar-refractivity contribution is 9.11. The van der Waals surface area contributed by atoms with Crippen LogP contribution in [0, 0.1) is 18.8 Å². The number of alkyl halides is 6. The number of nitrogens with one attached hydrogen (secondary N) is 3. The molecule has 0 bridgehead atoms. The third-order valence-electron chi connectivity index (χ3n) is 20.2. The molecule has 10 atom stereocenters. The van der Waals surface area contributed by atoms with Gasteiger partial charge in [0.25, 0.3) is 0 Å². The lowest BCUT2D eigenvalue weighted by Crippen LogP contribution is -2.49. The molecule has 688 valence electrons. The van der Waals surface area contributed by atoms with Crippen molar-refractivity contribution >= 4 is 290 Å². The Labute approximate surface area is 884 Å². The number of nitrogens with two attached hydrogens (primary N) is 3. The first-order chi connectivity index (χ1) is 60.6. The molecule has 2 aliphatic heterocycles. The molecule has 0 radical (unpaired) electrons. The number of rotatable bonds is 19. The maximum atomic E-state index is 12.8. The number of aryl methyl sites for hydroxylation is 1. The zero-order valence-electron chi connectivity index (χ0n) is 70.3. The van der Waals surface area contributed by atoms with E-state index in [0.717, 1.165) is 85.9 Å². The minimum absolute atomic E-state index is 0. The second-order valence-electron chi connectivity index (χ2n) is 29.9. The lowest BCUT2D eigenvalue weighted by atomic mass is 9.82. The summed E-state index contributed by atoms with van der Waals surface area (Å²) in [5.74, 6) is 5.80. The Morgan fingerprint density at radius 3 is 1.31 bits per heavy atom. The number of halogens is 18. The van der Waals surface area contributed by atoms with Crippen molar-refractivity contribution in [3.8, 4) is 11.8 Å². The highest BCUT2D eigenvalue weighted by Gasteiger charge is 2.67. The Morgan fingerprint density at radius 2 is 0.892 bits per heavy atom. The SMILES string of the molecule is C/C(=C\c1ccc(Br)cc1)c1ccc(Cl)cc1.CC#Cc1ccc(Br)cc1.CC(N)(c1ccc(Cl)cc1)C(N)c1ccc(Br)cc1.CC(NS(=O)OCC(Cl)(Cl)Cl)(c1ccc(Cl)cc1)C(N)c1ccc(Br)cc1.CC1(c2ccc(Cl)cc2)C(c2ccc(Br)cc2)N1S(=O)(=O)OCC(Cl)(Cl)Cl.CC1(c2ccc(Cl)cc2)NC(=S)NC1c1ccc(Br)cc1.Cc1ccc(Br)cc1.O. The number of benzene rings is 12. The van der Waals surface area contributed by atoms with E-state index < -0.39 is 64.5 Å². The summed E-state index contributed by atoms with van der Waals surface area (Å²) >= 11 is 90.8. The van der Waals surface area contributed by atoms with E-state index in [4.69, 9.17) is 165 Å². The zero-order valence-corrected chi connectivity index (χ0v) is 92.1. The lowest BCUT2D eigenvalue weighted by molar-refractivity contribution is 0.298. The number of thiocarbonyl (C=S) groups is 1. The quantitative estimate of drug-likeness (QED) is 0.0147. The highest BCUT2D eigenvalue weighted by Crippen LogP contribution is 2.62. The largest absolute Gasteiger partial charge is 0.412 e. The van der Waals surface area contributed by atoms with Crippen LogP contribution < -0.4 is 32.6 Å². The van der Waals surface area contributed by atoms with Crippen LogP contribution in [0.3, 0.4) is 0 Å². The van der Waals surface area contributed by atoms with Gasteiger partial charge in [-0.2, -0.15) is 12.7 Å². The Balaban J connectivity index is 0.000000213. The van der Waals surface area contributed by atoms with Gasteiger partial charge in [-0.25, -0.2) is 8.93 Å². The molecule has 12 aromatic rings. The number of allylic oxidation sites excluding steroid dienone is 1. The summed E-state index contributed by atoms with van der Waals surface area (Å²) in [5.41, 5.74) is 30.0. The maximum absolute atomic E-state index is 12.8. The minimum Gasteiger partial charge on any atom is -0.412 e. The van der Waals surface area contributed by atoms with Gasteiger partial charge in [0.15, 0.2) is 5.11 Å². The lowest BCUT2D eigenvalue weighted by Gasteiger charge is -2.36. The second-order valence-corrected chi connectivity index (χ2v) is 46.3. The van der Waals surface area contributed by atoms with Gasteiger partial charge in [0, 0.05) is 62.0 Å². The molecule has 0 aliphatic carbocycles. The monoisotopic (exact) mass is 2470 g/mol. The van der Waals surface area contributed by atoms with Gasteiger partial charge < -0.3 is 33.3 Å². The fourth-order valence-electron chi connectivity index (χ4n) is 13.1. The number of hydrogen-bond acceptors (Lipinski definition) is 9. The average Bonchev–Trinajstić information content (AvgIpc) is 1.51. The first-order valence-electron chi connectivity index (χ1n) is 38.8. The number of hydrogen-bond donors (Lipinski definition) is 6. The van der Waals surface area contributed by atoms with Crippen molar-refractivity contribution in [2.45, 2.75) is 102 Å². The first-order valence-corrected chi connectivity index (χ1v) is 51.4. The van der Waals surface area contributed by atoms with Gasteiger partial charge in [0.1, 0.15) is 13.2 Å². The van der Waals surface area contributed by atoms with Crippen LogP contribution in [-0.2, 0) is 52.1 Å². The molecule has 0 saturated carbocycles. The smallest absolute Gasteiger partial charge is 0.340 e. The van der Waals surface area contributed by atoms with E-state index in [2.05, 4.69) is 202 Å². The topological polar surface area (TPSA) is 218 Å². The van der Waals surface area contributed by atoms with Gasteiger partial charge in [0.05, 0.1) is 46.3 Å². The molecule has 0 aromatic heterocycles. The molecule has 10 unspecified atom stereocenters. The summed E-state index contributed by atoms with van der Waals surface area (Å²) < 4.78 is 56.1. The van der Waals surface area contributed by atoms with Crippen LogP contribution in [-0.4, -0.2) is 48.3 Å². The zero-order chi connectivity index (χ0) is 95.0. The summed E-state index contributed by atoms with van der Waals surface area (Å²) in [6.45, 7) is 12.8. The average molecular weight is 2480 g/mol. The first kappa shape index (κ1) is 113. The van der Waals surface area contributed by atoms with E-state index in [0.29, 0.717) is 20.2 Å². The fraction of sp³-hybridized carbons (Fsp3) is 0.198. The molecular formula is C96H89Br7Cl11N7O6S3. The van der Waals surface area contributed by atoms with E-state index in [1.165, 1.54) is 32.1 Å². The normalized spacial score (nSPS) is 17.7. The maximum Gasteiger partial charge on any atom is 0.340 e. The molecule has 14 rings (SSSR count). The summed E-state index contributed by atoms with van der Waals surface area (Å²) in [6, 6.07) is 91.7. The van der Waals surface area contributed by atoms with Crippen LogP contribution >= 0.6 is 251 Å². The molecule has 0 spiro atoms. The van der Waals surface area contributed by atoms with Crippen LogP contribution in [0.4, 0.5) is 0 Å². The Hall–Kier alpha value is -4.04. The Bertz CT molecular complexity index is 5860.